The van der Waals surface area contributed by atoms with Crippen molar-refractivity contribution in [2.45, 2.75) is 32.1 Å². The van der Waals surface area contributed by atoms with Crippen molar-refractivity contribution >= 4 is 11.4 Å². The van der Waals surface area contributed by atoms with Gasteiger partial charge >= 0.3 is 0 Å². The van der Waals surface area contributed by atoms with Crippen LogP contribution in [0.3, 0.4) is 0 Å². The van der Waals surface area contributed by atoms with Crippen molar-refractivity contribution in [3.8, 4) is 11.6 Å². The van der Waals surface area contributed by atoms with E-state index in [1.54, 1.807) is 4.52 Å². The van der Waals surface area contributed by atoms with Crippen molar-refractivity contribution < 1.29 is 9.21 Å². The molecule has 0 aromatic carbocycles. The molecule has 1 saturated heterocycles. The molecule has 0 spiro atoms. The van der Waals surface area contributed by atoms with Crippen molar-refractivity contribution in [2.24, 2.45) is 5.92 Å². The number of nitrogens with one attached hydrogen (secondary N) is 1. The summed E-state index contributed by atoms with van der Waals surface area (Å²) in [5, 5.41) is 7.89. The molecule has 2 aliphatic rings. The number of Topliss-reactive ketones (excluding diaryl/α,β-unsaturated/α-hetero) is 1. The van der Waals surface area contributed by atoms with Gasteiger partial charge in [-0.2, -0.15) is 4.52 Å². The lowest BCUT2D eigenvalue weighted by atomic mass is 10.0. The highest BCUT2D eigenvalue weighted by Crippen LogP contribution is 2.31. The summed E-state index contributed by atoms with van der Waals surface area (Å²) in [7, 11) is 0. The van der Waals surface area contributed by atoms with Crippen LogP contribution >= 0.6 is 0 Å². The van der Waals surface area contributed by atoms with Gasteiger partial charge in [0.05, 0.1) is 5.69 Å². The average molecular weight is 337 g/mol. The van der Waals surface area contributed by atoms with Gasteiger partial charge in [0.25, 0.3) is 0 Å². The van der Waals surface area contributed by atoms with Gasteiger partial charge < -0.3 is 9.73 Å². The fraction of sp³-hybridized carbons (Fsp3) is 0.444. The number of carbonyl (C=O) groups excluding carboxylic acids is 1. The number of ketones is 1. The van der Waals surface area contributed by atoms with Gasteiger partial charge in [0.2, 0.25) is 0 Å². The fourth-order valence-corrected chi connectivity index (χ4v) is 3.13. The van der Waals surface area contributed by atoms with Crippen LogP contribution in [0.2, 0.25) is 0 Å². The number of fused-ring (bicyclic) bond motifs is 1. The molecule has 3 aromatic heterocycles. The van der Waals surface area contributed by atoms with Crippen molar-refractivity contribution in [2.75, 3.05) is 13.1 Å². The Labute approximate surface area is 144 Å². The van der Waals surface area contributed by atoms with E-state index in [2.05, 4.69) is 20.4 Å². The number of nitrogens with zero attached hydrogens (tertiary/aromatic N) is 4. The van der Waals surface area contributed by atoms with E-state index >= 15 is 0 Å². The summed E-state index contributed by atoms with van der Waals surface area (Å²) in [6, 6.07) is 5.66. The molecule has 3 aromatic rings. The van der Waals surface area contributed by atoms with Crippen LogP contribution in [0.4, 0.5) is 0 Å². The normalized spacial score (nSPS) is 17.8. The summed E-state index contributed by atoms with van der Waals surface area (Å²) < 4.78 is 7.49. The monoisotopic (exact) mass is 337 g/mol. The van der Waals surface area contributed by atoms with Gasteiger partial charge in [-0.05, 0) is 31.9 Å². The molecule has 0 amide bonds. The van der Waals surface area contributed by atoms with Crippen LogP contribution in [0.1, 0.15) is 36.0 Å². The topological polar surface area (TPSA) is 85.3 Å². The van der Waals surface area contributed by atoms with E-state index in [0.29, 0.717) is 23.9 Å². The van der Waals surface area contributed by atoms with Crippen LogP contribution in [-0.4, -0.2) is 38.5 Å². The van der Waals surface area contributed by atoms with Crippen LogP contribution in [0.25, 0.3) is 17.2 Å². The zero-order valence-corrected chi connectivity index (χ0v) is 14.0. The molecule has 0 atom stereocenters. The molecule has 0 unspecified atom stereocenters. The molecule has 1 aliphatic heterocycles. The van der Waals surface area contributed by atoms with E-state index < -0.39 is 0 Å². The SMILES string of the molecule is Cc1ccc(-c2nc(CC(=O)C3CC3)cc3nc(C4CNC4)nn23)o1. The fourth-order valence-electron chi connectivity index (χ4n) is 3.13. The molecule has 25 heavy (non-hydrogen) atoms. The molecule has 1 N–H and O–H groups in total. The lowest BCUT2D eigenvalue weighted by Crippen LogP contribution is -2.40. The number of hydrogen-bond donors (Lipinski definition) is 1. The van der Waals surface area contributed by atoms with Crippen LogP contribution in [0.15, 0.2) is 22.6 Å². The molecule has 7 heteroatoms. The Morgan fingerprint density at radius 2 is 2.16 bits per heavy atom. The highest BCUT2D eigenvalue weighted by atomic mass is 16.3. The number of carbonyl (C=O) groups is 1. The first-order valence-corrected chi connectivity index (χ1v) is 8.74. The minimum Gasteiger partial charge on any atom is -0.458 e. The van der Waals surface area contributed by atoms with E-state index in [1.165, 1.54) is 0 Å². The molecule has 128 valence electrons. The van der Waals surface area contributed by atoms with Gasteiger partial charge in [-0.15, -0.1) is 5.10 Å². The minimum atomic E-state index is 0.224. The van der Waals surface area contributed by atoms with Crippen LogP contribution in [-0.2, 0) is 11.2 Å². The van der Waals surface area contributed by atoms with Crippen molar-refractivity contribution in [1.29, 1.82) is 0 Å². The Hall–Kier alpha value is -2.54. The number of aryl methyl sites for hydroxylation is 1. The average Bonchev–Trinajstić information content (AvgIpc) is 3.18. The summed E-state index contributed by atoms with van der Waals surface area (Å²) in [6.07, 6.45) is 2.37. The Balaban J connectivity index is 1.61. The first kappa shape index (κ1) is 14.8. The Kier molecular flexibility index (Phi) is 3.24. The summed E-state index contributed by atoms with van der Waals surface area (Å²) in [4.78, 5) is 21.6. The second-order valence-electron chi connectivity index (χ2n) is 6.99. The molecule has 2 fully saturated rings. The molecule has 5 rings (SSSR count). The third-order valence-corrected chi connectivity index (χ3v) is 4.89. The van der Waals surface area contributed by atoms with Crippen molar-refractivity contribution in [3.63, 3.8) is 0 Å². The second-order valence-corrected chi connectivity index (χ2v) is 6.99. The minimum absolute atomic E-state index is 0.224. The molecular weight excluding hydrogens is 318 g/mol. The van der Waals surface area contributed by atoms with E-state index in [4.69, 9.17) is 4.42 Å². The largest absolute Gasteiger partial charge is 0.458 e. The summed E-state index contributed by atoms with van der Waals surface area (Å²) in [5.74, 6) is 3.70. The second kappa shape index (κ2) is 5.49. The van der Waals surface area contributed by atoms with Crippen molar-refractivity contribution in [3.05, 3.63) is 35.5 Å². The maximum absolute atomic E-state index is 12.2. The maximum Gasteiger partial charge on any atom is 0.199 e. The first-order valence-electron chi connectivity index (χ1n) is 8.74. The van der Waals surface area contributed by atoms with Gasteiger partial charge in [0.15, 0.2) is 23.1 Å². The molecule has 1 aliphatic carbocycles. The van der Waals surface area contributed by atoms with Gasteiger partial charge in [0, 0.05) is 37.4 Å². The highest BCUT2D eigenvalue weighted by molar-refractivity contribution is 5.85. The molecule has 4 heterocycles. The molecule has 0 bridgehead atoms. The van der Waals surface area contributed by atoms with Crippen LogP contribution < -0.4 is 5.32 Å². The summed E-state index contributed by atoms with van der Waals surface area (Å²) in [6.45, 7) is 3.69. The van der Waals surface area contributed by atoms with E-state index in [-0.39, 0.29) is 11.7 Å². The Morgan fingerprint density at radius 3 is 2.80 bits per heavy atom. The van der Waals surface area contributed by atoms with E-state index in [9.17, 15) is 4.79 Å². The lowest BCUT2D eigenvalue weighted by molar-refractivity contribution is -0.119. The standard InChI is InChI=1S/C18H19N5O2/c1-10-2-5-15(25-10)18-20-13(6-14(24)11-3-4-11)7-16-21-17(22-23(16)18)12-8-19-9-12/h2,5,7,11-12,19H,3-4,6,8-9H2,1H3. The quantitative estimate of drug-likeness (QED) is 0.765. The van der Waals surface area contributed by atoms with Gasteiger partial charge in [-0.1, -0.05) is 0 Å². The number of rotatable bonds is 5. The third-order valence-electron chi connectivity index (χ3n) is 4.89. The molecule has 7 nitrogen and oxygen atoms in total. The first-order chi connectivity index (χ1) is 12.2. The van der Waals surface area contributed by atoms with E-state index in [0.717, 1.165) is 48.9 Å². The van der Waals surface area contributed by atoms with Crippen LogP contribution in [0.5, 0.6) is 0 Å². The molecule has 1 saturated carbocycles. The van der Waals surface area contributed by atoms with E-state index in [1.807, 2.05) is 25.1 Å². The zero-order valence-electron chi connectivity index (χ0n) is 14.0. The third kappa shape index (κ3) is 2.64. The highest BCUT2D eigenvalue weighted by Gasteiger charge is 2.30. The summed E-state index contributed by atoms with van der Waals surface area (Å²) >= 11 is 0. The van der Waals surface area contributed by atoms with Crippen LogP contribution in [0, 0.1) is 12.8 Å². The number of furan rings is 1. The lowest BCUT2D eigenvalue weighted by Gasteiger charge is -2.23. The molecule has 0 radical (unpaired) electrons. The van der Waals surface area contributed by atoms with Crippen molar-refractivity contribution in [1.82, 2.24) is 24.9 Å². The van der Waals surface area contributed by atoms with Gasteiger partial charge in [-0.3, -0.25) is 4.79 Å². The predicted molar refractivity (Wildman–Crippen MR) is 90.3 cm³/mol. The predicted octanol–water partition coefficient (Wildman–Crippen LogP) is 1.90. The Morgan fingerprint density at radius 1 is 1.32 bits per heavy atom. The summed E-state index contributed by atoms with van der Waals surface area (Å²) in [5.41, 5.74) is 1.46. The van der Waals surface area contributed by atoms with Gasteiger partial charge in [-0.25, -0.2) is 9.97 Å². The van der Waals surface area contributed by atoms with Gasteiger partial charge in [0.1, 0.15) is 11.5 Å². The maximum atomic E-state index is 12.2. The Bertz CT molecular complexity index is 965. The number of aromatic nitrogens is 4. The smallest absolute Gasteiger partial charge is 0.199 e. The number of hydrogen-bond acceptors (Lipinski definition) is 6. The zero-order chi connectivity index (χ0) is 17.0. The molecular formula is C18H19N5O2.